The molecule has 0 radical (unpaired) electrons. The molecule has 0 aliphatic heterocycles. The highest BCUT2D eigenvalue weighted by molar-refractivity contribution is 5.46. The smallest absolute Gasteiger partial charge is 0.107 e. The van der Waals surface area contributed by atoms with Crippen LogP contribution in [0.1, 0.15) is 32.0 Å². The van der Waals surface area contributed by atoms with Crippen molar-refractivity contribution < 1.29 is 0 Å². The van der Waals surface area contributed by atoms with Gasteiger partial charge in [0, 0.05) is 6.04 Å². The van der Waals surface area contributed by atoms with Crippen LogP contribution in [-0.4, -0.2) is 24.6 Å². The average Bonchev–Trinajstić information content (AvgIpc) is 2.44. The summed E-state index contributed by atoms with van der Waals surface area (Å²) in [7, 11) is 0. The highest BCUT2D eigenvalue weighted by atomic mass is 15.1. The predicted molar refractivity (Wildman–Crippen MR) is 74.4 cm³/mol. The molecule has 100 valence electrons. The summed E-state index contributed by atoms with van der Waals surface area (Å²) in [6.07, 6.45) is 2.80. The van der Waals surface area contributed by atoms with Gasteiger partial charge in [0.15, 0.2) is 0 Å². The second-order valence-corrected chi connectivity index (χ2v) is 4.29. The van der Waals surface area contributed by atoms with E-state index in [0.717, 1.165) is 24.3 Å². The molecule has 5 heteroatoms. The number of hydrogen-bond acceptors (Lipinski definition) is 5. The summed E-state index contributed by atoms with van der Waals surface area (Å²) in [5, 5.41) is 20.8. The molecule has 0 aliphatic carbocycles. The molecule has 0 aliphatic rings. The summed E-state index contributed by atoms with van der Waals surface area (Å²) < 4.78 is 0. The van der Waals surface area contributed by atoms with Crippen LogP contribution < -0.4 is 10.2 Å². The van der Waals surface area contributed by atoms with Crippen LogP contribution in [0.4, 0.5) is 5.69 Å². The number of anilines is 1. The molecule has 0 fully saturated rings. The quantitative estimate of drug-likeness (QED) is 0.756. The Kier molecular flexibility index (Phi) is 6.35. The maximum atomic E-state index is 8.73. The molecule has 1 heterocycles. The van der Waals surface area contributed by atoms with Crippen molar-refractivity contribution in [2.75, 3.05) is 24.5 Å². The molecule has 0 amide bonds. The molecule has 1 aromatic rings. The molecule has 1 aromatic heterocycles. The fourth-order valence-corrected chi connectivity index (χ4v) is 1.72. The van der Waals surface area contributed by atoms with Crippen molar-refractivity contribution >= 4 is 5.69 Å². The van der Waals surface area contributed by atoms with Gasteiger partial charge >= 0.3 is 0 Å². The molecule has 0 saturated carbocycles. The number of nitriles is 2. The Hall–Kier alpha value is -2.11. The lowest BCUT2D eigenvalue weighted by Crippen LogP contribution is -2.24. The SMILES string of the molecule is CCCNC(C)c1ccc(N(CC#N)CC#N)cn1. The maximum Gasteiger partial charge on any atom is 0.107 e. The second-order valence-electron chi connectivity index (χ2n) is 4.29. The first-order chi connectivity index (χ1) is 9.22. The second kappa shape index (κ2) is 8.07. The van der Waals surface area contributed by atoms with E-state index in [-0.39, 0.29) is 19.1 Å². The summed E-state index contributed by atoms with van der Waals surface area (Å²) in [6.45, 7) is 5.54. The van der Waals surface area contributed by atoms with Gasteiger partial charge in [-0.2, -0.15) is 10.5 Å². The molecule has 5 nitrogen and oxygen atoms in total. The van der Waals surface area contributed by atoms with E-state index in [1.54, 1.807) is 11.1 Å². The van der Waals surface area contributed by atoms with Gasteiger partial charge in [0.2, 0.25) is 0 Å². The Balaban J connectivity index is 2.74. The largest absolute Gasteiger partial charge is 0.344 e. The number of hydrogen-bond donors (Lipinski definition) is 1. The Labute approximate surface area is 114 Å². The lowest BCUT2D eigenvalue weighted by atomic mass is 10.2. The van der Waals surface area contributed by atoms with Crippen LogP contribution in [0.15, 0.2) is 18.3 Å². The molecule has 1 rings (SSSR count). The van der Waals surface area contributed by atoms with Crippen molar-refractivity contribution in [1.82, 2.24) is 10.3 Å². The molecule has 0 spiro atoms. The fraction of sp³-hybridized carbons (Fsp3) is 0.500. The predicted octanol–water partition coefficient (Wildman–Crippen LogP) is 2.00. The molecule has 1 N–H and O–H groups in total. The van der Waals surface area contributed by atoms with E-state index in [1.165, 1.54) is 0 Å². The zero-order chi connectivity index (χ0) is 14.1. The minimum atomic E-state index is 0.193. The first-order valence-electron chi connectivity index (χ1n) is 6.41. The Bertz CT molecular complexity index is 438. The van der Waals surface area contributed by atoms with Gasteiger partial charge in [-0.15, -0.1) is 0 Å². The monoisotopic (exact) mass is 257 g/mol. The molecule has 1 atom stereocenters. The van der Waals surface area contributed by atoms with Crippen molar-refractivity contribution in [3.05, 3.63) is 24.0 Å². The maximum absolute atomic E-state index is 8.73. The first-order valence-corrected chi connectivity index (χ1v) is 6.41. The molecule has 1 unspecified atom stereocenters. The van der Waals surface area contributed by atoms with E-state index < -0.39 is 0 Å². The Morgan fingerprint density at radius 3 is 2.47 bits per heavy atom. The molecule has 0 bridgehead atoms. The lowest BCUT2D eigenvalue weighted by Gasteiger charge is -2.19. The third-order valence-corrected chi connectivity index (χ3v) is 2.80. The van der Waals surface area contributed by atoms with E-state index in [4.69, 9.17) is 10.5 Å². The van der Waals surface area contributed by atoms with Crippen LogP contribution in [-0.2, 0) is 0 Å². The van der Waals surface area contributed by atoms with Crippen LogP contribution in [0.5, 0.6) is 0 Å². The number of nitrogens with one attached hydrogen (secondary N) is 1. The average molecular weight is 257 g/mol. The summed E-state index contributed by atoms with van der Waals surface area (Å²) in [4.78, 5) is 6.09. The van der Waals surface area contributed by atoms with E-state index in [9.17, 15) is 0 Å². The normalized spacial score (nSPS) is 11.4. The highest BCUT2D eigenvalue weighted by Gasteiger charge is 2.09. The third-order valence-electron chi connectivity index (χ3n) is 2.80. The zero-order valence-electron chi connectivity index (χ0n) is 11.4. The Morgan fingerprint density at radius 2 is 2.00 bits per heavy atom. The standard InChI is InChI=1S/C14H19N5/c1-3-8-17-12(2)14-5-4-13(11-18-14)19(9-6-15)10-7-16/h4-5,11-12,17H,3,8-10H2,1-2H3. The number of aromatic nitrogens is 1. The van der Waals surface area contributed by atoms with Gasteiger partial charge in [-0.05, 0) is 32.0 Å². The molecular formula is C14H19N5. The van der Waals surface area contributed by atoms with Crippen LogP contribution in [0, 0.1) is 22.7 Å². The van der Waals surface area contributed by atoms with Crippen molar-refractivity contribution in [1.29, 1.82) is 10.5 Å². The summed E-state index contributed by atoms with van der Waals surface area (Å²) in [5.74, 6) is 0. The van der Waals surface area contributed by atoms with Gasteiger partial charge in [0.25, 0.3) is 0 Å². The first kappa shape index (κ1) is 14.9. The molecule has 0 aromatic carbocycles. The van der Waals surface area contributed by atoms with Gasteiger partial charge in [-0.1, -0.05) is 6.92 Å². The lowest BCUT2D eigenvalue weighted by molar-refractivity contribution is 0.558. The Morgan fingerprint density at radius 1 is 1.32 bits per heavy atom. The number of rotatable bonds is 7. The van der Waals surface area contributed by atoms with Crippen LogP contribution in [0.3, 0.4) is 0 Å². The molecule has 0 saturated heterocycles. The van der Waals surface area contributed by atoms with Gasteiger partial charge in [0.1, 0.15) is 13.1 Å². The van der Waals surface area contributed by atoms with Crippen molar-refractivity contribution in [2.24, 2.45) is 0 Å². The van der Waals surface area contributed by atoms with Gasteiger partial charge in [0.05, 0.1) is 29.7 Å². The minimum Gasteiger partial charge on any atom is -0.344 e. The topological polar surface area (TPSA) is 75.7 Å². The van der Waals surface area contributed by atoms with Crippen LogP contribution in [0.25, 0.3) is 0 Å². The number of nitrogens with zero attached hydrogens (tertiary/aromatic N) is 4. The van der Waals surface area contributed by atoms with Gasteiger partial charge in [-0.3, -0.25) is 4.98 Å². The molecule has 19 heavy (non-hydrogen) atoms. The van der Waals surface area contributed by atoms with E-state index in [1.807, 2.05) is 12.1 Å². The highest BCUT2D eigenvalue weighted by Crippen LogP contribution is 2.16. The zero-order valence-corrected chi connectivity index (χ0v) is 11.4. The van der Waals surface area contributed by atoms with E-state index >= 15 is 0 Å². The molecular weight excluding hydrogens is 238 g/mol. The summed E-state index contributed by atoms with van der Waals surface area (Å²) >= 11 is 0. The van der Waals surface area contributed by atoms with Gasteiger partial charge < -0.3 is 10.2 Å². The summed E-state index contributed by atoms with van der Waals surface area (Å²) in [6, 6.07) is 8.14. The van der Waals surface area contributed by atoms with Crippen LogP contribution in [0.2, 0.25) is 0 Å². The summed E-state index contributed by atoms with van der Waals surface area (Å²) in [5.41, 5.74) is 1.76. The van der Waals surface area contributed by atoms with Crippen molar-refractivity contribution in [2.45, 2.75) is 26.3 Å². The fourth-order valence-electron chi connectivity index (χ4n) is 1.72. The van der Waals surface area contributed by atoms with Crippen molar-refractivity contribution in [3.8, 4) is 12.1 Å². The van der Waals surface area contributed by atoms with Crippen molar-refractivity contribution in [3.63, 3.8) is 0 Å². The minimum absolute atomic E-state index is 0.193. The number of pyridine rings is 1. The van der Waals surface area contributed by atoms with E-state index in [0.29, 0.717) is 0 Å². The van der Waals surface area contributed by atoms with Gasteiger partial charge in [-0.25, -0.2) is 0 Å². The van der Waals surface area contributed by atoms with E-state index in [2.05, 4.69) is 36.3 Å². The van der Waals surface area contributed by atoms with Crippen LogP contribution >= 0.6 is 0 Å². The third kappa shape index (κ3) is 4.57.